The summed E-state index contributed by atoms with van der Waals surface area (Å²) in [5.41, 5.74) is 0.842. The van der Waals surface area contributed by atoms with E-state index < -0.39 is 0 Å². The maximum atomic E-state index is 11.9. The maximum Gasteiger partial charge on any atom is 0.239 e. The van der Waals surface area contributed by atoms with Crippen LogP contribution in [0.4, 0.5) is 5.13 Å². The van der Waals surface area contributed by atoms with Crippen molar-refractivity contribution in [1.82, 2.24) is 4.98 Å². The minimum atomic E-state index is -0.201. The van der Waals surface area contributed by atoms with Crippen LogP contribution in [0.5, 0.6) is 5.75 Å². The summed E-state index contributed by atoms with van der Waals surface area (Å²) >= 11 is 4.76. The minimum Gasteiger partial charge on any atom is -0.488 e. The Kier molecular flexibility index (Phi) is 6.16. The second kappa shape index (κ2) is 7.89. The first kappa shape index (κ1) is 17.2. The Hall–Kier alpha value is -1.18. The highest BCUT2D eigenvalue weighted by Gasteiger charge is 2.15. The van der Waals surface area contributed by atoms with Crippen LogP contribution < -0.4 is 10.1 Å². The highest BCUT2D eigenvalue weighted by Crippen LogP contribution is 2.30. The minimum absolute atomic E-state index is 0.0201. The number of carbonyl (C=O) groups excluding carboxylic acids is 1. The van der Waals surface area contributed by atoms with Crippen molar-refractivity contribution in [3.05, 3.63) is 18.2 Å². The number of fused-ring (bicyclic) bond motifs is 1. The zero-order valence-electron chi connectivity index (χ0n) is 12.8. The average Bonchev–Trinajstić information content (AvgIpc) is 2.87. The zero-order valence-corrected chi connectivity index (χ0v) is 15.2. The lowest BCUT2D eigenvalue weighted by molar-refractivity contribution is -0.115. The van der Waals surface area contributed by atoms with Gasteiger partial charge in [0.25, 0.3) is 0 Å². The number of thiazole rings is 1. The van der Waals surface area contributed by atoms with Crippen molar-refractivity contribution in [3.63, 3.8) is 0 Å². The van der Waals surface area contributed by atoms with Gasteiger partial charge >= 0.3 is 0 Å². The molecule has 0 saturated heterocycles. The van der Waals surface area contributed by atoms with Gasteiger partial charge in [0.05, 0.1) is 21.7 Å². The van der Waals surface area contributed by atoms with Gasteiger partial charge in [-0.25, -0.2) is 4.98 Å². The number of methoxy groups -OCH3 is 1. The largest absolute Gasteiger partial charge is 0.488 e. The predicted octanol–water partition coefficient (Wildman–Crippen LogP) is 3.82. The molecule has 0 saturated carbocycles. The number of nitrogens with zero attached hydrogens (tertiary/aromatic N) is 1. The Balaban J connectivity index is 2.12. The van der Waals surface area contributed by atoms with Gasteiger partial charge in [-0.05, 0) is 31.5 Å². The molecular weight excluding hydrogens is 368 g/mol. The van der Waals surface area contributed by atoms with Gasteiger partial charge < -0.3 is 14.8 Å². The number of alkyl halides is 1. The first-order chi connectivity index (χ1) is 10.5. The van der Waals surface area contributed by atoms with Crippen LogP contribution in [0, 0.1) is 0 Å². The summed E-state index contributed by atoms with van der Waals surface area (Å²) in [6.07, 6.45) is 0.708. The number of hydrogen-bond donors (Lipinski definition) is 1. The number of halogens is 1. The second-order valence-electron chi connectivity index (χ2n) is 4.90. The third-order valence-electron chi connectivity index (χ3n) is 2.97. The topological polar surface area (TPSA) is 60.5 Å². The van der Waals surface area contributed by atoms with Crippen molar-refractivity contribution >= 4 is 48.5 Å². The van der Waals surface area contributed by atoms with Crippen molar-refractivity contribution in [3.8, 4) is 5.75 Å². The summed E-state index contributed by atoms with van der Waals surface area (Å²) in [4.78, 5) is 16.1. The van der Waals surface area contributed by atoms with Crippen LogP contribution in [0.3, 0.4) is 0 Å². The molecule has 0 aliphatic rings. The normalized spacial score (nSPS) is 13.8. The van der Waals surface area contributed by atoms with Crippen LogP contribution in [-0.2, 0) is 9.53 Å². The number of nitrogens with one attached hydrogen (secondary N) is 1. The summed E-state index contributed by atoms with van der Waals surface area (Å²) in [6.45, 7) is 4.43. The molecule has 0 bridgehead atoms. The monoisotopic (exact) mass is 386 g/mol. The van der Waals surface area contributed by atoms with Gasteiger partial charge in [-0.3, -0.25) is 4.79 Å². The van der Waals surface area contributed by atoms with E-state index in [-0.39, 0.29) is 16.8 Å². The number of benzene rings is 1. The molecule has 0 spiro atoms. The van der Waals surface area contributed by atoms with Crippen LogP contribution in [0.1, 0.15) is 20.3 Å². The lowest BCUT2D eigenvalue weighted by Gasteiger charge is -2.13. The highest BCUT2D eigenvalue weighted by molar-refractivity contribution is 9.10. The molecule has 2 rings (SSSR count). The molecule has 2 atom stereocenters. The summed E-state index contributed by atoms with van der Waals surface area (Å²) in [5, 5.41) is 3.42. The summed E-state index contributed by atoms with van der Waals surface area (Å²) in [5.74, 6) is 0.692. The van der Waals surface area contributed by atoms with Crippen molar-refractivity contribution in [2.24, 2.45) is 0 Å². The Morgan fingerprint density at radius 2 is 2.27 bits per heavy atom. The molecule has 120 valence electrons. The second-order valence-corrected chi connectivity index (χ2v) is 7.03. The number of aromatic nitrogens is 1. The van der Waals surface area contributed by atoms with Gasteiger partial charge in [0.2, 0.25) is 5.91 Å². The summed E-state index contributed by atoms with van der Waals surface area (Å²) in [7, 11) is 1.65. The molecule has 0 radical (unpaired) electrons. The Labute approximate surface area is 142 Å². The van der Waals surface area contributed by atoms with E-state index in [0.29, 0.717) is 11.7 Å². The van der Waals surface area contributed by atoms with Gasteiger partial charge in [-0.15, -0.1) is 0 Å². The SMILES string of the molecule is CCC(Br)C(=O)Nc1nc2ccc(OC(C)COC)cc2s1. The third kappa shape index (κ3) is 4.41. The van der Waals surface area contributed by atoms with E-state index in [2.05, 4.69) is 26.2 Å². The summed E-state index contributed by atoms with van der Waals surface area (Å²) in [6, 6.07) is 5.70. The smallest absolute Gasteiger partial charge is 0.239 e. The van der Waals surface area contributed by atoms with Crippen LogP contribution in [0.25, 0.3) is 10.2 Å². The van der Waals surface area contributed by atoms with Crippen molar-refractivity contribution in [2.45, 2.75) is 31.2 Å². The first-order valence-corrected chi connectivity index (χ1v) is 8.77. The van der Waals surface area contributed by atoms with Crippen LogP contribution in [0.15, 0.2) is 18.2 Å². The fourth-order valence-corrected chi connectivity index (χ4v) is 2.91. The van der Waals surface area contributed by atoms with E-state index in [0.717, 1.165) is 22.4 Å². The quantitative estimate of drug-likeness (QED) is 0.734. The molecule has 22 heavy (non-hydrogen) atoms. The zero-order chi connectivity index (χ0) is 16.1. The average molecular weight is 387 g/mol. The van der Waals surface area contributed by atoms with Crippen LogP contribution in [0.2, 0.25) is 0 Å². The molecule has 1 amide bonds. The van der Waals surface area contributed by atoms with Gasteiger partial charge in [0, 0.05) is 7.11 Å². The number of carbonyl (C=O) groups is 1. The molecule has 1 aromatic heterocycles. The van der Waals surface area contributed by atoms with Crippen LogP contribution >= 0.6 is 27.3 Å². The van der Waals surface area contributed by atoms with Gasteiger partial charge in [0.15, 0.2) is 5.13 Å². The molecule has 1 N–H and O–H groups in total. The molecule has 1 heterocycles. The van der Waals surface area contributed by atoms with E-state index in [1.165, 1.54) is 11.3 Å². The lowest BCUT2D eigenvalue weighted by atomic mass is 10.3. The Morgan fingerprint density at radius 3 is 2.95 bits per heavy atom. The van der Waals surface area contributed by atoms with E-state index in [9.17, 15) is 4.79 Å². The number of anilines is 1. The van der Waals surface area contributed by atoms with Gasteiger partial charge in [0.1, 0.15) is 11.9 Å². The van der Waals surface area contributed by atoms with Gasteiger partial charge in [-0.2, -0.15) is 0 Å². The molecule has 7 heteroatoms. The number of hydrogen-bond acceptors (Lipinski definition) is 5. The Bertz CT molecular complexity index is 647. The highest BCUT2D eigenvalue weighted by atomic mass is 79.9. The van der Waals surface area contributed by atoms with E-state index >= 15 is 0 Å². The van der Waals surface area contributed by atoms with Crippen LogP contribution in [-0.4, -0.2) is 35.5 Å². The summed E-state index contributed by atoms with van der Waals surface area (Å²) < 4.78 is 11.8. The van der Waals surface area contributed by atoms with E-state index in [1.807, 2.05) is 32.0 Å². The molecular formula is C15H19BrN2O3S. The Morgan fingerprint density at radius 1 is 1.50 bits per heavy atom. The maximum absolute atomic E-state index is 11.9. The standard InChI is InChI=1S/C15H19BrN2O3S/c1-4-11(16)14(19)18-15-17-12-6-5-10(7-13(12)22-15)21-9(2)8-20-3/h5-7,9,11H,4,8H2,1-3H3,(H,17,18,19). The van der Waals surface area contributed by atoms with E-state index in [1.54, 1.807) is 7.11 Å². The molecule has 0 aliphatic heterocycles. The van der Waals surface area contributed by atoms with E-state index in [4.69, 9.17) is 9.47 Å². The molecule has 1 aromatic carbocycles. The number of ether oxygens (including phenoxy) is 2. The molecule has 0 fully saturated rings. The molecule has 2 aromatic rings. The fourth-order valence-electron chi connectivity index (χ4n) is 1.90. The number of rotatable bonds is 7. The first-order valence-electron chi connectivity index (χ1n) is 7.04. The van der Waals surface area contributed by atoms with Gasteiger partial charge in [-0.1, -0.05) is 34.2 Å². The fraction of sp³-hybridized carbons (Fsp3) is 0.467. The number of amides is 1. The van der Waals surface area contributed by atoms with Crippen molar-refractivity contribution < 1.29 is 14.3 Å². The molecule has 2 unspecified atom stereocenters. The lowest BCUT2D eigenvalue weighted by Crippen LogP contribution is -2.21. The predicted molar refractivity (Wildman–Crippen MR) is 93.2 cm³/mol. The molecule has 5 nitrogen and oxygen atoms in total. The molecule has 0 aliphatic carbocycles. The van der Waals surface area contributed by atoms with Crippen molar-refractivity contribution in [2.75, 3.05) is 19.0 Å². The third-order valence-corrected chi connectivity index (χ3v) is 4.97. The van der Waals surface area contributed by atoms with Crippen molar-refractivity contribution in [1.29, 1.82) is 0 Å².